The molecule has 1 saturated carbocycles. The van der Waals surface area contributed by atoms with Gasteiger partial charge in [-0.1, -0.05) is 49.6 Å². The van der Waals surface area contributed by atoms with Gasteiger partial charge in [0.05, 0.1) is 12.1 Å². The maximum absolute atomic E-state index is 13.8. The number of nitrogens with zero attached hydrogens (tertiary/aromatic N) is 3. The normalized spacial score (nSPS) is 27.9. The number of aliphatic hydroxyl groups excluding tert-OH is 1. The molecule has 2 N–H and O–H groups in total. The van der Waals surface area contributed by atoms with E-state index in [0.29, 0.717) is 31.3 Å². The third-order valence-corrected chi connectivity index (χ3v) is 9.33. The second-order valence-corrected chi connectivity index (χ2v) is 13.7. The number of carbonyl (C=O) groups excluding carboxylic acids is 2. The molecule has 2 aromatic rings. The summed E-state index contributed by atoms with van der Waals surface area (Å²) in [6, 6.07) is 14.1. The SMILES string of the molecule is CC(C)(C)NC(=O)C1C[C@@H]2CCCC[C@@H]2CN1CC(O)CN1C(=O)C(Cc2ccncc2)CC1Cc1ccccc1. The number of β-amino-alcohol motifs (C(OH)–C–C–N with tert-alkyl or cyclic N) is 1. The molecule has 3 aliphatic rings. The lowest BCUT2D eigenvalue weighted by molar-refractivity contribution is -0.136. The van der Waals surface area contributed by atoms with Gasteiger partial charge in [0.25, 0.3) is 0 Å². The zero-order valence-electron chi connectivity index (χ0n) is 25.0. The molecular weight excluding hydrogens is 512 g/mol. The van der Waals surface area contributed by atoms with Gasteiger partial charge >= 0.3 is 0 Å². The van der Waals surface area contributed by atoms with Crippen molar-refractivity contribution in [1.82, 2.24) is 20.1 Å². The largest absolute Gasteiger partial charge is 0.390 e. The molecule has 2 aliphatic heterocycles. The lowest BCUT2D eigenvalue weighted by atomic mass is 9.72. The van der Waals surface area contributed by atoms with Crippen molar-refractivity contribution in [2.75, 3.05) is 19.6 Å². The van der Waals surface area contributed by atoms with Gasteiger partial charge in [0, 0.05) is 49.5 Å². The fraction of sp³-hybridized carbons (Fsp3) is 0.618. The predicted octanol–water partition coefficient (Wildman–Crippen LogP) is 4.24. The summed E-state index contributed by atoms with van der Waals surface area (Å²) in [5, 5.41) is 14.7. The molecule has 7 heteroatoms. The molecule has 7 nitrogen and oxygen atoms in total. The summed E-state index contributed by atoms with van der Waals surface area (Å²) in [5.74, 6) is 1.23. The number of aromatic nitrogens is 1. The van der Waals surface area contributed by atoms with Crippen molar-refractivity contribution in [3.8, 4) is 0 Å². The molecule has 1 aromatic heterocycles. The predicted molar refractivity (Wildman–Crippen MR) is 161 cm³/mol. The lowest BCUT2D eigenvalue weighted by Gasteiger charge is -2.46. The number of piperidine rings is 1. The van der Waals surface area contributed by atoms with Gasteiger partial charge in [0.15, 0.2) is 0 Å². The van der Waals surface area contributed by atoms with Gasteiger partial charge in [-0.25, -0.2) is 0 Å². The van der Waals surface area contributed by atoms with Crippen LogP contribution in [-0.2, 0) is 22.4 Å². The van der Waals surface area contributed by atoms with Crippen LogP contribution in [0.25, 0.3) is 0 Å². The Kier molecular flexibility index (Phi) is 9.45. The van der Waals surface area contributed by atoms with Crippen molar-refractivity contribution >= 4 is 11.8 Å². The van der Waals surface area contributed by atoms with Gasteiger partial charge in [0.1, 0.15) is 0 Å². The van der Waals surface area contributed by atoms with Crippen LogP contribution in [0.1, 0.15) is 70.4 Å². The Balaban J connectivity index is 1.30. The summed E-state index contributed by atoms with van der Waals surface area (Å²) in [7, 11) is 0. The molecule has 41 heavy (non-hydrogen) atoms. The van der Waals surface area contributed by atoms with E-state index < -0.39 is 6.10 Å². The molecule has 2 amide bonds. The van der Waals surface area contributed by atoms with Gasteiger partial charge in [-0.3, -0.25) is 19.5 Å². The molecule has 4 unspecified atom stereocenters. The van der Waals surface area contributed by atoms with Crippen LogP contribution in [0, 0.1) is 17.8 Å². The number of nitrogens with one attached hydrogen (secondary N) is 1. The Morgan fingerprint density at radius 2 is 1.66 bits per heavy atom. The Labute approximate surface area is 245 Å². The first-order valence-electron chi connectivity index (χ1n) is 15.6. The van der Waals surface area contributed by atoms with Crippen LogP contribution < -0.4 is 5.32 Å². The number of aliphatic hydroxyl groups is 1. The number of benzene rings is 1. The Hall–Kier alpha value is -2.77. The molecule has 2 saturated heterocycles. The molecule has 1 aliphatic carbocycles. The van der Waals surface area contributed by atoms with Gasteiger partial charge in [-0.05, 0) is 88.0 Å². The Morgan fingerprint density at radius 1 is 0.976 bits per heavy atom. The first-order valence-corrected chi connectivity index (χ1v) is 15.6. The molecule has 3 fully saturated rings. The first-order chi connectivity index (χ1) is 19.7. The van der Waals surface area contributed by atoms with Gasteiger partial charge < -0.3 is 15.3 Å². The number of carbonyl (C=O) groups is 2. The van der Waals surface area contributed by atoms with E-state index in [9.17, 15) is 14.7 Å². The van der Waals surface area contributed by atoms with Crippen molar-refractivity contribution in [1.29, 1.82) is 0 Å². The summed E-state index contributed by atoms with van der Waals surface area (Å²) in [5.41, 5.74) is 2.01. The average molecular weight is 561 g/mol. The zero-order valence-corrected chi connectivity index (χ0v) is 25.0. The van der Waals surface area contributed by atoms with E-state index in [1.54, 1.807) is 12.4 Å². The third kappa shape index (κ3) is 7.75. The van der Waals surface area contributed by atoms with E-state index in [1.165, 1.54) is 31.2 Å². The standard InChI is InChI=1S/C34H48N4O3/c1-34(2,3)36-32(40)31-20-26-11-7-8-12-27(26)21-37(31)22-30(39)23-38-29(18-24-9-5-4-6-10-24)19-28(33(38)41)17-25-13-15-35-16-14-25/h4-6,9-10,13-16,26-31,39H,7-8,11-12,17-23H2,1-3H3,(H,36,40)/t26-,27+,28?,29?,30?,31?/m0/s1. The fourth-order valence-electron chi connectivity index (χ4n) is 7.45. The molecular formula is C34H48N4O3. The maximum atomic E-state index is 13.8. The van der Waals surface area contributed by atoms with E-state index >= 15 is 0 Å². The van der Waals surface area contributed by atoms with Crippen LogP contribution >= 0.6 is 0 Å². The summed E-state index contributed by atoms with van der Waals surface area (Å²) in [6.07, 6.45) is 10.8. The molecule has 6 atom stereocenters. The van der Waals surface area contributed by atoms with Crippen molar-refractivity contribution in [3.05, 3.63) is 66.0 Å². The molecule has 0 bridgehead atoms. The summed E-state index contributed by atoms with van der Waals surface area (Å²) < 4.78 is 0. The van der Waals surface area contributed by atoms with Crippen LogP contribution in [0.4, 0.5) is 0 Å². The van der Waals surface area contributed by atoms with Crippen LogP contribution in [0.15, 0.2) is 54.9 Å². The van der Waals surface area contributed by atoms with Crippen LogP contribution in [0.5, 0.6) is 0 Å². The number of likely N-dealkylation sites (tertiary alicyclic amines) is 2. The highest BCUT2D eigenvalue weighted by Gasteiger charge is 2.43. The topological polar surface area (TPSA) is 85.8 Å². The molecule has 5 rings (SSSR count). The quantitative estimate of drug-likeness (QED) is 0.479. The number of pyridine rings is 1. The van der Waals surface area contributed by atoms with E-state index in [-0.39, 0.29) is 35.4 Å². The lowest BCUT2D eigenvalue weighted by Crippen LogP contribution is -2.59. The minimum Gasteiger partial charge on any atom is -0.390 e. The Bertz CT molecular complexity index is 1150. The number of amides is 2. The smallest absolute Gasteiger partial charge is 0.237 e. The second-order valence-electron chi connectivity index (χ2n) is 13.7. The van der Waals surface area contributed by atoms with E-state index in [1.807, 2.05) is 56.0 Å². The minimum absolute atomic E-state index is 0.0375. The summed E-state index contributed by atoms with van der Waals surface area (Å²) in [6.45, 7) is 7.60. The highest BCUT2D eigenvalue weighted by atomic mass is 16.3. The monoisotopic (exact) mass is 560 g/mol. The number of hydrogen-bond acceptors (Lipinski definition) is 5. The highest BCUT2D eigenvalue weighted by molar-refractivity contribution is 5.83. The molecule has 1 aromatic carbocycles. The average Bonchev–Trinajstić information content (AvgIpc) is 3.21. The van der Waals surface area contributed by atoms with Crippen LogP contribution in [0.2, 0.25) is 0 Å². The van der Waals surface area contributed by atoms with Gasteiger partial charge in [-0.15, -0.1) is 0 Å². The molecule has 0 radical (unpaired) electrons. The fourth-order valence-corrected chi connectivity index (χ4v) is 7.45. The van der Waals surface area contributed by atoms with E-state index in [2.05, 4.69) is 27.3 Å². The summed E-state index contributed by atoms with van der Waals surface area (Å²) >= 11 is 0. The van der Waals surface area contributed by atoms with Gasteiger partial charge in [0.2, 0.25) is 11.8 Å². The number of fused-ring (bicyclic) bond motifs is 1. The third-order valence-electron chi connectivity index (χ3n) is 9.33. The summed E-state index contributed by atoms with van der Waals surface area (Å²) in [4.78, 5) is 35.5. The van der Waals surface area contributed by atoms with E-state index in [0.717, 1.165) is 31.4 Å². The second kappa shape index (κ2) is 13.0. The number of hydrogen-bond donors (Lipinski definition) is 2. The number of rotatable bonds is 9. The van der Waals surface area contributed by atoms with Crippen molar-refractivity contribution in [2.45, 2.75) is 95.9 Å². The minimum atomic E-state index is -0.720. The van der Waals surface area contributed by atoms with Crippen LogP contribution in [-0.4, -0.2) is 75.1 Å². The molecule has 3 heterocycles. The first kappa shape index (κ1) is 29.7. The highest BCUT2D eigenvalue weighted by Crippen LogP contribution is 2.39. The van der Waals surface area contributed by atoms with Crippen molar-refractivity contribution < 1.29 is 14.7 Å². The van der Waals surface area contributed by atoms with E-state index in [4.69, 9.17) is 0 Å². The van der Waals surface area contributed by atoms with Crippen molar-refractivity contribution in [3.63, 3.8) is 0 Å². The zero-order chi connectivity index (χ0) is 29.0. The maximum Gasteiger partial charge on any atom is 0.237 e. The van der Waals surface area contributed by atoms with Crippen molar-refractivity contribution in [2.24, 2.45) is 17.8 Å². The Morgan fingerprint density at radius 3 is 2.37 bits per heavy atom. The molecule has 0 spiro atoms. The van der Waals surface area contributed by atoms with Gasteiger partial charge in [-0.2, -0.15) is 0 Å². The molecule has 222 valence electrons. The van der Waals surface area contributed by atoms with Crippen LogP contribution in [0.3, 0.4) is 0 Å².